The first kappa shape index (κ1) is 9.26. The Morgan fingerprint density at radius 2 is 2.33 bits per heavy atom. The molecule has 0 radical (unpaired) electrons. The third kappa shape index (κ3) is 8.26. The number of hydrazine groups is 1. The predicted octanol–water partition coefficient (Wildman–Crippen LogP) is 1.02. The molecule has 0 aromatic rings. The van der Waals surface area contributed by atoms with Gasteiger partial charge in [0.15, 0.2) is 0 Å². The normalized spacial score (nSPS) is 11.2. The fraction of sp³-hybridized carbons (Fsp3) is 0.500. The molecule has 0 saturated heterocycles. The smallest absolute Gasteiger partial charge is 0.0336 e. The Bertz CT molecular complexity index is 91.1. The van der Waals surface area contributed by atoms with E-state index in [1.807, 2.05) is 4.08 Å². The fourth-order valence-corrected chi connectivity index (χ4v) is 1.18. The van der Waals surface area contributed by atoms with E-state index < -0.39 is 0 Å². The van der Waals surface area contributed by atoms with Crippen LogP contribution in [0.3, 0.4) is 0 Å². The maximum absolute atomic E-state index is 3.65. The summed E-state index contributed by atoms with van der Waals surface area (Å²) in [6, 6.07) is 0. The molecule has 0 aromatic heterocycles. The largest absolute Gasteiger partial charge is 0.258 e. The summed E-state index contributed by atoms with van der Waals surface area (Å²) in [5, 5.41) is 0. The van der Waals surface area contributed by atoms with Gasteiger partial charge >= 0.3 is 0 Å². The Kier molecular flexibility index (Phi) is 8.50. The van der Waals surface area contributed by atoms with Crippen LogP contribution in [0.1, 0.15) is 6.92 Å². The van der Waals surface area contributed by atoms with E-state index in [1.165, 1.54) is 0 Å². The molecule has 0 aliphatic rings. The monoisotopic (exact) mass is 240 g/mol. The second-order valence-electron chi connectivity index (χ2n) is 1.35. The van der Waals surface area contributed by atoms with Crippen molar-refractivity contribution in [2.75, 3.05) is 13.1 Å². The minimum atomic E-state index is 0.147. The molecule has 0 amide bonds. The Morgan fingerprint density at radius 1 is 1.56 bits per heavy atom. The van der Waals surface area contributed by atoms with Crippen LogP contribution in [0.25, 0.3) is 0 Å². The summed E-state index contributed by atoms with van der Waals surface area (Å²) in [6.45, 7) is 7.64. The minimum Gasteiger partial charge on any atom is -0.258 e. The van der Waals surface area contributed by atoms with Gasteiger partial charge in [-0.15, -0.1) is 0 Å². The van der Waals surface area contributed by atoms with E-state index in [-0.39, 0.29) is 20.7 Å². The van der Waals surface area contributed by atoms with Gasteiger partial charge in [-0.25, -0.2) is 0 Å². The number of nitrogens with one attached hydrogen (secondary N) is 2. The van der Waals surface area contributed by atoms with Crippen LogP contribution < -0.4 is 10.9 Å². The molecule has 0 aliphatic carbocycles. The van der Waals surface area contributed by atoms with E-state index in [4.69, 9.17) is 0 Å². The van der Waals surface area contributed by atoms with E-state index in [0.717, 1.165) is 13.1 Å². The topological polar surface area (TPSA) is 24.1 Å². The third-order valence-electron chi connectivity index (χ3n) is 0.659. The molecule has 0 spiro atoms. The van der Waals surface area contributed by atoms with E-state index in [9.17, 15) is 0 Å². The maximum atomic E-state index is 3.65. The van der Waals surface area contributed by atoms with E-state index in [1.54, 1.807) is 0 Å². The van der Waals surface area contributed by atoms with Gasteiger partial charge in [-0.3, -0.25) is 10.9 Å². The van der Waals surface area contributed by atoms with E-state index in [2.05, 4.69) is 28.4 Å². The van der Waals surface area contributed by atoms with Crippen molar-refractivity contribution in [2.45, 2.75) is 6.92 Å². The lowest BCUT2D eigenvalue weighted by molar-refractivity contribution is 0.604. The van der Waals surface area contributed by atoms with Gasteiger partial charge in [0.1, 0.15) is 0 Å². The molecular formula is C6H13IN2. The molecular weight excluding hydrogens is 227 g/mol. The molecule has 0 unspecified atom stereocenters. The fourth-order valence-electron chi connectivity index (χ4n) is 0.343. The molecule has 0 aromatic carbocycles. The van der Waals surface area contributed by atoms with Crippen LogP contribution in [0.4, 0.5) is 0 Å². The minimum absolute atomic E-state index is 0.147. The van der Waals surface area contributed by atoms with Crippen molar-refractivity contribution in [3.05, 3.63) is 10.7 Å². The molecule has 0 rings (SSSR count). The van der Waals surface area contributed by atoms with Crippen molar-refractivity contribution in [1.82, 2.24) is 10.9 Å². The zero-order valence-corrected chi connectivity index (χ0v) is 7.81. The lowest BCUT2D eigenvalue weighted by Gasteiger charge is -1.97. The molecule has 2 nitrogen and oxygen atoms in total. The molecule has 0 atom stereocenters. The van der Waals surface area contributed by atoms with Crippen molar-refractivity contribution < 1.29 is 0 Å². The quantitative estimate of drug-likeness (QED) is 0.426. The highest BCUT2D eigenvalue weighted by Gasteiger charge is 1.73. The van der Waals surface area contributed by atoms with Gasteiger partial charge in [0, 0.05) is 13.1 Å². The molecule has 0 aliphatic heterocycles. The molecule has 9 heavy (non-hydrogen) atoms. The predicted molar refractivity (Wildman–Crippen MR) is 52.0 cm³/mol. The Balaban J connectivity index is 2.90. The van der Waals surface area contributed by atoms with Crippen molar-refractivity contribution in [1.29, 1.82) is 0 Å². The zero-order valence-electron chi connectivity index (χ0n) is 5.65. The third-order valence-corrected chi connectivity index (χ3v) is 2.12. The summed E-state index contributed by atoms with van der Waals surface area (Å²) >= 11 is 0.147. The van der Waals surface area contributed by atoms with E-state index in [0.29, 0.717) is 0 Å². The zero-order chi connectivity index (χ0) is 6.95. The first-order valence-corrected chi connectivity index (χ1v) is 5.41. The van der Waals surface area contributed by atoms with Crippen molar-refractivity contribution in [3.63, 3.8) is 0 Å². The highest BCUT2D eigenvalue weighted by atomic mass is 127. The standard InChI is InChI=1S/C6H13IN2/c1-3-7-5-6-9-8-4-2/h3,5,8-9H,1,4,6H2,2H3. The summed E-state index contributed by atoms with van der Waals surface area (Å²) in [7, 11) is 0. The summed E-state index contributed by atoms with van der Waals surface area (Å²) in [5.41, 5.74) is 6.05. The molecule has 2 N–H and O–H groups in total. The Morgan fingerprint density at radius 3 is 2.89 bits per heavy atom. The molecule has 0 saturated carbocycles. The first-order chi connectivity index (χ1) is 4.41. The van der Waals surface area contributed by atoms with Gasteiger partial charge in [-0.1, -0.05) is 34.2 Å². The van der Waals surface area contributed by atoms with Gasteiger partial charge in [0.2, 0.25) is 0 Å². The number of hydrogen-bond donors (Lipinski definition) is 2. The van der Waals surface area contributed by atoms with Crippen LogP contribution in [0.2, 0.25) is 0 Å². The number of halogens is 1. The molecule has 0 fully saturated rings. The lowest BCUT2D eigenvalue weighted by Crippen LogP contribution is -2.32. The summed E-state index contributed by atoms with van der Waals surface area (Å²) < 4.78 is 4.22. The SMILES string of the molecule is C=CI=CCNNCC. The second kappa shape index (κ2) is 8.26. The maximum Gasteiger partial charge on any atom is 0.0336 e. The molecule has 3 heteroatoms. The van der Waals surface area contributed by atoms with Gasteiger partial charge in [0.05, 0.1) is 0 Å². The molecule has 0 bridgehead atoms. The molecule has 0 heterocycles. The highest BCUT2D eigenvalue weighted by Crippen LogP contribution is 1.90. The van der Waals surface area contributed by atoms with Gasteiger partial charge in [-0.2, -0.15) is 0 Å². The van der Waals surface area contributed by atoms with Gasteiger partial charge in [0.25, 0.3) is 0 Å². The van der Waals surface area contributed by atoms with Gasteiger partial charge < -0.3 is 0 Å². The van der Waals surface area contributed by atoms with Crippen LogP contribution in [0.15, 0.2) is 10.7 Å². The van der Waals surface area contributed by atoms with Crippen molar-refractivity contribution in [2.24, 2.45) is 0 Å². The van der Waals surface area contributed by atoms with Crippen LogP contribution in [-0.2, 0) is 0 Å². The Hall–Kier alpha value is 0.260. The average Bonchev–Trinajstić information content (AvgIpc) is 1.89. The number of rotatable bonds is 5. The lowest BCUT2D eigenvalue weighted by atomic mass is 10.8. The summed E-state index contributed by atoms with van der Waals surface area (Å²) in [6.07, 6.45) is 0. The Labute approximate surface area is 66.4 Å². The first-order valence-electron chi connectivity index (χ1n) is 2.92. The van der Waals surface area contributed by atoms with Crippen molar-refractivity contribution >= 4 is 24.7 Å². The highest BCUT2D eigenvalue weighted by molar-refractivity contribution is 14.2. The summed E-state index contributed by atoms with van der Waals surface area (Å²) in [5.74, 6) is 0. The average molecular weight is 240 g/mol. The van der Waals surface area contributed by atoms with Crippen LogP contribution >= 0.6 is 20.7 Å². The van der Waals surface area contributed by atoms with Crippen LogP contribution in [-0.4, -0.2) is 17.1 Å². The molecule has 54 valence electrons. The number of hydrogen-bond acceptors (Lipinski definition) is 2. The van der Waals surface area contributed by atoms with Crippen LogP contribution in [0, 0.1) is 0 Å². The summed E-state index contributed by atoms with van der Waals surface area (Å²) in [4.78, 5) is 0. The van der Waals surface area contributed by atoms with E-state index >= 15 is 0 Å². The van der Waals surface area contributed by atoms with Gasteiger partial charge in [-0.05, 0) is 8.09 Å². The second-order valence-corrected chi connectivity index (χ2v) is 3.83. The van der Waals surface area contributed by atoms with Crippen molar-refractivity contribution in [3.8, 4) is 0 Å². The van der Waals surface area contributed by atoms with Crippen LogP contribution in [0.5, 0.6) is 0 Å².